The third-order valence-electron chi connectivity index (χ3n) is 5.15. The maximum absolute atomic E-state index is 9.39. The van der Waals surface area contributed by atoms with Crippen LogP contribution < -0.4 is 4.74 Å². The highest BCUT2D eigenvalue weighted by Crippen LogP contribution is 2.32. The SMILES string of the molecule is CC(Oc1ccc2[nH]nc(-c3cnn(C)c3)c2c1)c1cc(C#N)cc2ncccc12. The average molecular weight is 394 g/mol. The third-order valence-corrected chi connectivity index (χ3v) is 5.15. The van der Waals surface area contributed by atoms with E-state index in [4.69, 9.17) is 4.74 Å². The summed E-state index contributed by atoms with van der Waals surface area (Å²) >= 11 is 0. The summed E-state index contributed by atoms with van der Waals surface area (Å²) in [4.78, 5) is 4.39. The largest absolute Gasteiger partial charge is 0.486 e. The van der Waals surface area contributed by atoms with Crippen LogP contribution in [0.2, 0.25) is 0 Å². The van der Waals surface area contributed by atoms with Gasteiger partial charge in [-0.15, -0.1) is 0 Å². The molecule has 0 saturated heterocycles. The molecule has 0 bridgehead atoms. The lowest BCUT2D eigenvalue weighted by atomic mass is 10.0. The van der Waals surface area contributed by atoms with E-state index >= 15 is 0 Å². The molecule has 0 saturated carbocycles. The molecular weight excluding hydrogens is 376 g/mol. The number of rotatable bonds is 4. The predicted octanol–water partition coefficient (Wildman–Crippen LogP) is 4.52. The van der Waals surface area contributed by atoms with Gasteiger partial charge in [0.15, 0.2) is 0 Å². The fourth-order valence-electron chi connectivity index (χ4n) is 3.71. The van der Waals surface area contributed by atoms with Gasteiger partial charge in [0.25, 0.3) is 0 Å². The number of nitriles is 1. The van der Waals surface area contributed by atoms with Crippen molar-refractivity contribution in [3.8, 4) is 23.1 Å². The van der Waals surface area contributed by atoms with Gasteiger partial charge in [0.2, 0.25) is 0 Å². The van der Waals surface area contributed by atoms with E-state index in [2.05, 4.69) is 26.3 Å². The smallest absolute Gasteiger partial charge is 0.122 e. The molecule has 1 unspecified atom stereocenters. The molecule has 0 aliphatic rings. The lowest BCUT2D eigenvalue weighted by Gasteiger charge is -2.17. The van der Waals surface area contributed by atoms with Crippen LogP contribution >= 0.6 is 0 Å². The van der Waals surface area contributed by atoms with Crippen molar-refractivity contribution in [2.45, 2.75) is 13.0 Å². The van der Waals surface area contributed by atoms with Gasteiger partial charge in [0, 0.05) is 41.3 Å². The first kappa shape index (κ1) is 17.9. The molecule has 7 nitrogen and oxygen atoms in total. The standard InChI is InChI=1S/C23H18N6O/c1-14(19-8-15(11-24)9-22-18(19)4-3-7-25-22)30-17-5-6-21-20(10-17)23(28-27-21)16-12-26-29(2)13-16/h3-10,12-14H,1-2H3,(H,27,28). The summed E-state index contributed by atoms with van der Waals surface area (Å²) in [5.41, 5.74) is 4.97. The van der Waals surface area contributed by atoms with Crippen molar-refractivity contribution < 1.29 is 4.74 Å². The summed E-state index contributed by atoms with van der Waals surface area (Å²) in [6, 6.07) is 15.6. The van der Waals surface area contributed by atoms with E-state index in [1.807, 2.05) is 56.6 Å². The van der Waals surface area contributed by atoms with Gasteiger partial charge < -0.3 is 4.74 Å². The Morgan fingerprint density at radius 1 is 1.17 bits per heavy atom. The zero-order chi connectivity index (χ0) is 20.7. The summed E-state index contributed by atoms with van der Waals surface area (Å²) in [5.74, 6) is 0.723. The zero-order valence-corrected chi connectivity index (χ0v) is 16.5. The highest BCUT2D eigenvalue weighted by Gasteiger charge is 2.16. The van der Waals surface area contributed by atoms with Gasteiger partial charge in [0.1, 0.15) is 17.5 Å². The van der Waals surface area contributed by atoms with Crippen LogP contribution in [-0.2, 0) is 7.05 Å². The molecule has 0 amide bonds. The molecular formula is C23H18N6O. The maximum atomic E-state index is 9.39. The van der Waals surface area contributed by atoms with Gasteiger partial charge in [-0.3, -0.25) is 14.8 Å². The second-order valence-corrected chi connectivity index (χ2v) is 7.19. The van der Waals surface area contributed by atoms with E-state index in [1.54, 1.807) is 23.1 Å². The maximum Gasteiger partial charge on any atom is 0.122 e. The lowest BCUT2D eigenvalue weighted by Crippen LogP contribution is -2.05. The van der Waals surface area contributed by atoms with E-state index in [0.29, 0.717) is 5.56 Å². The van der Waals surface area contributed by atoms with Gasteiger partial charge in [-0.2, -0.15) is 15.5 Å². The molecule has 3 heterocycles. The second kappa shape index (κ2) is 7.01. The van der Waals surface area contributed by atoms with E-state index < -0.39 is 0 Å². The normalized spacial score (nSPS) is 12.2. The van der Waals surface area contributed by atoms with Crippen LogP contribution in [0.5, 0.6) is 5.75 Å². The van der Waals surface area contributed by atoms with Crippen molar-refractivity contribution in [1.82, 2.24) is 25.0 Å². The van der Waals surface area contributed by atoms with Crippen molar-refractivity contribution in [2.75, 3.05) is 0 Å². The van der Waals surface area contributed by atoms with Crippen LogP contribution in [0.3, 0.4) is 0 Å². The molecule has 0 fully saturated rings. The number of nitrogens with zero attached hydrogens (tertiary/aromatic N) is 5. The number of hydrogen-bond acceptors (Lipinski definition) is 5. The minimum Gasteiger partial charge on any atom is -0.486 e. The van der Waals surface area contributed by atoms with Crippen LogP contribution in [0.15, 0.2) is 61.1 Å². The van der Waals surface area contributed by atoms with Gasteiger partial charge in [-0.25, -0.2) is 0 Å². The van der Waals surface area contributed by atoms with Crippen LogP contribution in [0, 0.1) is 11.3 Å². The molecule has 3 aromatic heterocycles. The molecule has 5 rings (SSSR count). The fraction of sp³-hybridized carbons (Fsp3) is 0.130. The number of H-pyrrole nitrogens is 1. The van der Waals surface area contributed by atoms with E-state index in [0.717, 1.165) is 44.4 Å². The number of hydrogen-bond donors (Lipinski definition) is 1. The molecule has 30 heavy (non-hydrogen) atoms. The average Bonchev–Trinajstić information content (AvgIpc) is 3.38. The molecule has 0 aliphatic carbocycles. The minimum absolute atomic E-state index is 0.267. The number of fused-ring (bicyclic) bond motifs is 2. The Balaban J connectivity index is 1.53. The van der Waals surface area contributed by atoms with Crippen molar-refractivity contribution >= 4 is 21.8 Å². The molecule has 5 aromatic rings. The van der Waals surface area contributed by atoms with Crippen LogP contribution in [0.25, 0.3) is 33.1 Å². The molecule has 0 spiro atoms. The molecule has 7 heteroatoms. The number of nitrogens with one attached hydrogen (secondary N) is 1. The highest BCUT2D eigenvalue weighted by atomic mass is 16.5. The summed E-state index contributed by atoms with van der Waals surface area (Å²) in [7, 11) is 1.88. The van der Waals surface area contributed by atoms with Crippen LogP contribution in [0.4, 0.5) is 0 Å². The zero-order valence-electron chi connectivity index (χ0n) is 16.5. The number of aromatic nitrogens is 5. The number of aromatic amines is 1. The summed E-state index contributed by atoms with van der Waals surface area (Å²) in [5, 5.41) is 23.1. The number of pyridine rings is 1. The Hall–Kier alpha value is -4.18. The first-order chi connectivity index (χ1) is 14.6. The Morgan fingerprint density at radius 3 is 2.87 bits per heavy atom. The van der Waals surface area contributed by atoms with Crippen molar-refractivity contribution in [3.63, 3.8) is 0 Å². The molecule has 0 radical (unpaired) electrons. The number of aryl methyl sites for hydroxylation is 1. The molecule has 2 aromatic carbocycles. The van der Waals surface area contributed by atoms with E-state index in [9.17, 15) is 5.26 Å². The van der Waals surface area contributed by atoms with Crippen molar-refractivity contribution in [2.24, 2.45) is 7.05 Å². The Bertz CT molecular complexity index is 1420. The Labute approximate surface area is 172 Å². The second-order valence-electron chi connectivity index (χ2n) is 7.19. The lowest BCUT2D eigenvalue weighted by molar-refractivity contribution is 0.229. The third kappa shape index (κ3) is 3.05. The van der Waals surface area contributed by atoms with Gasteiger partial charge in [-0.05, 0) is 43.3 Å². The van der Waals surface area contributed by atoms with E-state index in [1.165, 1.54) is 0 Å². The Morgan fingerprint density at radius 2 is 2.07 bits per heavy atom. The topological polar surface area (TPSA) is 92.4 Å². The summed E-state index contributed by atoms with van der Waals surface area (Å²) < 4.78 is 8.03. The monoisotopic (exact) mass is 394 g/mol. The quantitative estimate of drug-likeness (QED) is 0.484. The van der Waals surface area contributed by atoms with Crippen LogP contribution in [0.1, 0.15) is 24.2 Å². The van der Waals surface area contributed by atoms with Gasteiger partial charge >= 0.3 is 0 Å². The van der Waals surface area contributed by atoms with E-state index in [-0.39, 0.29) is 6.10 Å². The van der Waals surface area contributed by atoms with Crippen LogP contribution in [-0.4, -0.2) is 25.0 Å². The molecule has 1 atom stereocenters. The number of ether oxygens (including phenoxy) is 1. The van der Waals surface area contributed by atoms with Crippen molar-refractivity contribution in [3.05, 3.63) is 72.2 Å². The van der Waals surface area contributed by atoms with Crippen molar-refractivity contribution in [1.29, 1.82) is 5.26 Å². The highest BCUT2D eigenvalue weighted by molar-refractivity contribution is 5.93. The summed E-state index contributed by atoms with van der Waals surface area (Å²) in [6.45, 7) is 1.98. The Kier molecular flexibility index (Phi) is 4.18. The first-order valence-electron chi connectivity index (χ1n) is 9.55. The van der Waals surface area contributed by atoms with Gasteiger partial charge in [0.05, 0.1) is 28.9 Å². The molecule has 0 aliphatic heterocycles. The fourth-order valence-corrected chi connectivity index (χ4v) is 3.71. The predicted molar refractivity (Wildman–Crippen MR) is 114 cm³/mol. The molecule has 146 valence electrons. The van der Waals surface area contributed by atoms with Gasteiger partial charge in [-0.1, -0.05) is 6.07 Å². The summed E-state index contributed by atoms with van der Waals surface area (Å²) in [6.07, 6.45) is 5.18. The number of benzene rings is 2. The molecule has 1 N–H and O–H groups in total. The minimum atomic E-state index is -0.267. The first-order valence-corrected chi connectivity index (χ1v) is 9.55.